The van der Waals surface area contributed by atoms with E-state index in [1.807, 2.05) is 6.08 Å². The maximum absolute atomic E-state index is 5.65. The van der Waals surface area contributed by atoms with E-state index in [1.165, 1.54) is 16.7 Å². The number of ether oxygens (including phenoxy) is 1. The van der Waals surface area contributed by atoms with Crippen molar-refractivity contribution in [2.24, 2.45) is 0 Å². The number of benzene rings is 1. The Bertz CT molecular complexity index is 483. The molecular weight excluding hydrogens is 220 g/mol. The molecule has 1 heteroatoms. The number of aryl methyl sites for hydroxylation is 1. The smallest absolute Gasteiger partial charge is 0.130 e. The molecule has 0 aliphatic rings. The summed E-state index contributed by atoms with van der Waals surface area (Å²) >= 11 is 0. The fraction of sp³-hybridized carbons (Fsp3) is 0.471. The summed E-state index contributed by atoms with van der Waals surface area (Å²) in [6.07, 6.45) is 2.92. The quantitative estimate of drug-likeness (QED) is 0.703. The second kappa shape index (κ2) is 5.46. The van der Waals surface area contributed by atoms with E-state index in [0.717, 1.165) is 17.7 Å². The Labute approximate surface area is 111 Å². The van der Waals surface area contributed by atoms with Crippen LogP contribution in [0.4, 0.5) is 0 Å². The summed E-state index contributed by atoms with van der Waals surface area (Å²) in [5.74, 6) is 0.959. The van der Waals surface area contributed by atoms with Crippen molar-refractivity contribution in [3.8, 4) is 5.75 Å². The monoisotopic (exact) mass is 244 g/mol. The fourth-order valence-electron chi connectivity index (χ4n) is 2.36. The molecule has 0 N–H and O–H groups in total. The zero-order chi connectivity index (χ0) is 13.9. The van der Waals surface area contributed by atoms with Crippen molar-refractivity contribution < 1.29 is 4.74 Å². The number of methoxy groups -OCH3 is 1. The molecule has 0 aromatic heterocycles. The average Bonchev–Trinajstić information content (AvgIpc) is 2.28. The van der Waals surface area contributed by atoms with Gasteiger partial charge in [-0.05, 0) is 36.0 Å². The highest BCUT2D eigenvalue weighted by Gasteiger charge is 2.23. The SMILES string of the molecule is C=C=Cc1c(CC)c(C)cc(C(C)(C)C)c1OC. The third kappa shape index (κ3) is 2.68. The first-order valence-corrected chi connectivity index (χ1v) is 6.43. The van der Waals surface area contributed by atoms with Crippen molar-refractivity contribution >= 4 is 6.08 Å². The van der Waals surface area contributed by atoms with Crippen molar-refractivity contribution in [3.05, 3.63) is 40.6 Å². The molecule has 1 nitrogen and oxygen atoms in total. The van der Waals surface area contributed by atoms with Gasteiger partial charge in [-0.1, -0.05) is 40.3 Å². The first kappa shape index (κ1) is 14.6. The Kier molecular flexibility index (Phi) is 4.43. The van der Waals surface area contributed by atoms with Crippen LogP contribution in [0.5, 0.6) is 5.75 Å². The van der Waals surface area contributed by atoms with Gasteiger partial charge >= 0.3 is 0 Å². The summed E-state index contributed by atoms with van der Waals surface area (Å²) in [4.78, 5) is 0. The third-order valence-corrected chi connectivity index (χ3v) is 3.26. The molecule has 0 amide bonds. The summed E-state index contributed by atoms with van der Waals surface area (Å²) in [6, 6.07) is 2.25. The molecular formula is C17H24O. The van der Waals surface area contributed by atoms with Gasteiger partial charge in [0.15, 0.2) is 0 Å². The Morgan fingerprint density at radius 2 is 2.00 bits per heavy atom. The van der Waals surface area contributed by atoms with E-state index in [2.05, 4.69) is 53.0 Å². The molecule has 0 unspecified atom stereocenters. The second-order valence-corrected chi connectivity index (χ2v) is 5.62. The molecule has 0 fully saturated rings. The van der Waals surface area contributed by atoms with Crippen molar-refractivity contribution in [3.63, 3.8) is 0 Å². The normalized spacial score (nSPS) is 11.0. The van der Waals surface area contributed by atoms with Gasteiger partial charge < -0.3 is 4.74 Å². The third-order valence-electron chi connectivity index (χ3n) is 3.26. The van der Waals surface area contributed by atoms with Crippen LogP contribution < -0.4 is 4.74 Å². The molecule has 0 atom stereocenters. The standard InChI is InChI=1S/C17H24O/c1-8-10-14-13(9-2)12(3)11-15(16(14)18-7)17(4,5)6/h10-11H,1,9H2,2-7H3. The van der Waals surface area contributed by atoms with Gasteiger partial charge in [0.25, 0.3) is 0 Å². The summed E-state index contributed by atoms with van der Waals surface area (Å²) in [5.41, 5.74) is 7.93. The number of hydrogen-bond donors (Lipinski definition) is 0. The van der Waals surface area contributed by atoms with E-state index in [0.29, 0.717) is 0 Å². The lowest BCUT2D eigenvalue weighted by atomic mass is 9.82. The lowest BCUT2D eigenvalue weighted by molar-refractivity contribution is 0.396. The van der Waals surface area contributed by atoms with E-state index in [4.69, 9.17) is 4.74 Å². The van der Waals surface area contributed by atoms with E-state index >= 15 is 0 Å². The second-order valence-electron chi connectivity index (χ2n) is 5.62. The summed E-state index contributed by atoms with van der Waals surface area (Å²) in [6.45, 7) is 14.6. The molecule has 0 aliphatic carbocycles. The van der Waals surface area contributed by atoms with Crippen LogP contribution in [-0.2, 0) is 11.8 Å². The molecule has 0 aliphatic heterocycles. The van der Waals surface area contributed by atoms with Gasteiger partial charge in [0, 0.05) is 11.1 Å². The van der Waals surface area contributed by atoms with E-state index in [9.17, 15) is 0 Å². The van der Waals surface area contributed by atoms with Crippen LogP contribution in [0.25, 0.3) is 6.08 Å². The summed E-state index contributed by atoms with van der Waals surface area (Å²) in [7, 11) is 1.74. The van der Waals surface area contributed by atoms with Crippen LogP contribution >= 0.6 is 0 Å². The predicted octanol–water partition coefficient (Wildman–Crippen LogP) is 4.66. The van der Waals surface area contributed by atoms with Crippen molar-refractivity contribution in [1.82, 2.24) is 0 Å². The minimum atomic E-state index is 0.0616. The van der Waals surface area contributed by atoms with E-state index in [1.54, 1.807) is 7.11 Å². The molecule has 1 aromatic rings. The van der Waals surface area contributed by atoms with Gasteiger partial charge in [0.2, 0.25) is 0 Å². The zero-order valence-electron chi connectivity index (χ0n) is 12.5. The van der Waals surface area contributed by atoms with Gasteiger partial charge in [-0.3, -0.25) is 0 Å². The fourth-order valence-corrected chi connectivity index (χ4v) is 2.36. The van der Waals surface area contributed by atoms with Gasteiger partial charge in [0.1, 0.15) is 5.75 Å². The topological polar surface area (TPSA) is 9.23 Å². The van der Waals surface area contributed by atoms with Gasteiger partial charge in [-0.2, -0.15) is 0 Å². The van der Waals surface area contributed by atoms with Crippen LogP contribution in [0.3, 0.4) is 0 Å². The minimum absolute atomic E-state index is 0.0616. The van der Waals surface area contributed by atoms with E-state index < -0.39 is 0 Å². The molecule has 0 saturated heterocycles. The highest BCUT2D eigenvalue weighted by atomic mass is 16.5. The Morgan fingerprint density at radius 1 is 1.39 bits per heavy atom. The van der Waals surface area contributed by atoms with Crippen LogP contribution in [0.15, 0.2) is 18.4 Å². The Hall–Kier alpha value is -1.46. The van der Waals surface area contributed by atoms with Gasteiger partial charge in [-0.25, -0.2) is 0 Å². The lowest BCUT2D eigenvalue weighted by Gasteiger charge is -2.26. The molecule has 0 saturated carbocycles. The largest absolute Gasteiger partial charge is 0.496 e. The summed E-state index contributed by atoms with van der Waals surface area (Å²) in [5, 5.41) is 0. The minimum Gasteiger partial charge on any atom is -0.496 e. The van der Waals surface area contributed by atoms with Crippen molar-refractivity contribution in [1.29, 1.82) is 0 Å². The Morgan fingerprint density at radius 3 is 2.39 bits per heavy atom. The molecule has 1 aromatic carbocycles. The van der Waals surface area contributed by atoms with E-state index in [-0.39, 0.29) is 5.41 Å². The Balaban J connectivity index is 3.73. The molecule has 98 valence electrons. The predicted molar refractivity (Wildman–Crippen MR) is 79.4 cm³/mol. The van der Waals surface area contributed by atoms with Crippen LogP contribution in [0.1, 0.15) is 49.9 Å². The highest BCUT2D eigenvalue weighted by molar-refractivity contribution is 5.66. The van der Waals surface area contributed by atoms with Gasteiger partial charge in [0.05, 0.1) is 7.11 Å². The first-order valence-electron chi connectivity index (χ1n) is 6.43. The number of hydrogen-bond acceptors (Lipinski definition) is 1. The maximum Gasteiger partial charge on any atom is 0.130 e. The van der Waals surface area contributed by atoms with Gasteiger partial charge in [-0.15, -0.1) is 5.73 Å². The van der Waals surface area contributed by atoms with Crippen molar-refractivity contribution in [2.75, 3.05) is 7.11 Å². The van der Waals surface area contributed by atoms with Crippen LogP contribution in [-0.4, -0.2) is 7.11 Å². The van der Waals surface area contributed by atoms with Crippen LogP contribution in [0.2, 0.25) is 0 Å². The molecule has 1 rings (SSSR count). The number of rotatable bonds is 3. The zero-order valence-corrected chi connectivity index (χ0v) is 12.5. The molecule has 0 spiro atoms. The molecule has 18 heavy (non-hydrogen) atoms. The highest BCUT2D eigenvalue weighted by Crippen LogP contribution is 2.38. The van der Waals surface area contributed by atoms with Crippen molar-refractivity contribution in [2.45, 2.75) is 46.5 Å². The first-order chi connectivity index (χ1) is 8.36. The lowest BCUT2D eigenvalue weighted by Crippen LogP contribution is -2.15. The summed E-state index contributed by atoms with van der Waals surface area (Å²) < 4.78 is 5.65. The average molecular weight is 244 g/mol. The molecule has 0 radical (unpaired) electrons. The maximum atomic E-state index is 5.65. The molecule has 0 heterocycles. The molecule has 0 bridgehead atoms. The van der Waals surface area contributed by atoms with Crippen LogP contribution in [0, 0.1) is 6.92 Å².